The van der Waals surface area contributed by atoms with Crippen LogP contribution in [0.1, 0.15) is 16.8 Å². The zero-order valence-electron chi connectivity index (χ0n) is 9.33. The summed E-state index contributed by atoms with van der Waals surface area (Å²) in [5.41, 5.74) is 5.94. The Morgan fingerprint density at radius 3 is 2.76 bits per heavy atom. The maximum atomic E-state index is 11.4. The molecule has 0 bridgehead atoms. The van der Waals surface area contributed by atoms with E-state index in [1.165, 1.54) is 19.2 Å². The second-order valence-electron chi connectivity index (χ2n) is 3.27. The summed E-state index contributed by atoms with van der Waals surface area (Å²) in [7, 11) is 1.26. The van der Waals surface area contributed by atoms with Gasteiger partial charge in [-0.3, -0.25) is 4.79 Å². The highest BCUT2D eigenvalue weighted by Gasteiger charge is 2.12. The Bertz CT molecular complexity index is 435. The van der Waals surface area contributed by atoms with E-state index in [1.807, 2.05) is 0 Å². The summed E-state index contributed by atoms with van der Waals surface area (Å²) < 4.78 is 4.57. The van der Waals surface area contributed by atoms with Crippen LogP contribution < -0.4 is 11.1 Å². The number of hydrogen-bond acceptors (Lipinski definition) is 4. The predicted molar refractivity (Wildman–Crippen MR) is 65.1 cm³/mol. The van der Waals surface area contributed by atoms with Gasteiger partial charge >= 0.3 is 5.97 Å². The molecule has 0 aliphatic carbocycles. The van der Waals surface area contributed by atoms with Gasteiger partial charge in [0.1, 0.15) is 0 Å². The lowest BCUT2D eigenvalue weighted by atomic mass is 10.2. The SMILES string of the molecule is COC(=O)c1cc(NC(=O)CCN)ccc1Cl. The predicted octanol–water partition coefficient (Wildman–Crippen LogP) is 1.41. The van der Waals surface area contributed by atoms with E-state index in [0.717, 1.165) is 0 Å². The number of carbonyl (C=O) groups excluding carboxylic acids is 2. The van der Waals surface area contributed by atoms with Crippen molar-refractivity contribution in [2.24, 2.45) is 5.73 Å². The van der Waals surface area contributed by atoms with Gasteiger partial charge in [-0.2, -0.15) is 0 Å². The van der Waals surface area contributed by atoms with Crippen LogP contribution >= 0.6 is 11.6 Å². The number of benzene rings is 1. The summed E-state index contributed by atoms with van der Waals surface area (Å²) in [6.07, 6.45) is 0.218. The van der Waals surface area contributed by atoms with E-state index in [1.54, 1.807) is 6.07 Å². The first-order valence-corrected chi connectivity index (χ1v) is 5.34. The molecule has 0 saturated carbocycles. The van der Waals surface area contributed by atoms with Crippen LogP contribution in [0.25, 0.3) is 0 Å². The lowest BCUT2D eigenvalue weighted by molar-refractivity contribution is -0.116. The van der Waals surface area contributed by atoms with E-state index in [0.29, 0.717) is 5.69 Å². The van der Waals surface area contributed by atoms with E-state index >= 15 is 0 Å². The van der Waals surface area contributed by atoms with E-state index in [9.17, 15) is 9.59 Å². The summed E-state index contributed by atoms with van der Waals surface area (Å²) >= 11 is 5.83. The minimum absolute atomic E-state index is 0.208. The second-order valence-corrected chi connectivity index (χ2v) is 3.68. The third-order valence-electron chi connectivity index (χ3n) is 2.03. The lowest BCUT2D eigenvalue weighted by Crippen LogP contribution is -2.16. The van der Waals surface area contributed by atoms with Gasteiger partial charge in [0, 0.05) is 18.7 Å². The standard InChI is InChI=1S/C11H13ClN2O3/c1-17-11(16)8-6-7(2-3-9(8)12)14-10(15)4-5-13/h2-3,6H,4-5,13H2,1H3,(H,14,15). The Hall–Kier alpha value is -1.59. The first-order chi connectivity index (χ1) is 8.08. The van der Waals surface area contributed by atoms with Crippen molar-refractivity contribution in [3.8, 4) is 0 Å². The van der Waals surface area contributed by atoms with Gasteiger partial charge in [0.25, 0.3) is 0 Å². The summed E-state index contributed by atoms with van der Waals surface area (Å²) in [5.74, 6) is -0.768. The molecule has 1 aromatic rings. The van der Waals surface area contributed by atoms with Crippen LogP contribution in [0.4, 0.5) is 5.69 Å². The van der Waals surface area contributed by atoms with Gasteiger partial charge in [0.05, 0.1) is 17.7 Å². The van der Waals surface area contributed by atoms with E-state index in [-0.39, 0.29) is 29.5 Å². The molecule has 17 heavy (non-hydrogen) atoms. The molecule has 0 aliphatic rings. The fourth-order valence-electron chi connectivity index (χ4n) is 1.22. The average Bonchev–Trinajstić information content (AvgIpc) is 2.31. The largest absolute Gasteiger partial charge is 0.465 e. The Kier molecular flexibility index (Phi) is 4.93. The van der Waals surface area contributed by atoms with Crippen molar-refractivity contribution >= 4 is 29.2 Å². The fraction of sp³-hybridized carbons (Fsp3) is 0.273. The quantitative estimate of drug-likeness (QED) is 0.798. The average molecular weight is 257 g/mol. The number of esters is 1. The second kappa shape index (κ2) is 6.22. The molecule has 0 heterocycles. The topological polar surface area (TPSA) is 81.4 Å². The van der Waals surface area contributed by atoms with Crippen molar-refractivity contribution in [1.82, 2.24) is 0 Å². The molecule has 3 N–H and O–H groups in total. The van der Waals surface area contributed by atoms with Crippen LogP contribution in [0.5, 0.6) is 0 Å². The highest BCUT2D eigenvalue weighted by Crippen LogP contribution is 2.21. The normalized spacial score (nSPS) is 9.82. The number of nitrogens with one attached hydrogen (secondary N) is 1. The van der Waals surface area contributed by atoms with Crippen molar-refractivity contribution in [3.63, 3.8) is 0 Å². The summed E-state index contributed by atoms with van der Waals surface area (Å²) in [6.45, 7) is 0.267. The van der Waals surface area contributed by atoms with E-state index in [4.69, 9.17) is 17.3 Å². The molecule has 0 aliphatic heterocycles. The Balaban J connectivity index is 2.89. The molecule has 0 radical (unpaired) electrons. The van der Waals surface area contributed by atoms with Crippen molar-refractivity contribution in [1.29, 1.82) is 0 Å². The van der Waals surface area contributed by atoms with Gasteiger partial charge in [-0.05, 0) is 18.2 Å². The number of hydrogen-bond donors (Lipinski definition) is 2. The monoisotopic (exact) mass is 256 g/mol. The molecule has 92 valence electrons. The molecule has 6 heteroatoms. The highest BCUT2D eigenvalue weighted by atomic mass is 35.5. The molecule has 0 fully saturated rings. The molecule has 0 saturated heterocycles. The Morgan fingerprint density at radius 1 is 1.47 bits per heavy atom. The van der Waals surface area contributed by atoms with Crippen molar-refractivity contribution in [2.75, 3.05) is 19.0 Å². The smallest absolute Gasteiger partial charge is 0.339 e. The number of amides is 1. The van der Waals surface area contributed by atoms with Gasteiger partial charge in [-0.25, -0.2) is 4.79 Å². The van der Waals surface area contributed by atoms with Gasteiger partial charge in [0.2, 0.25) is 5.91 Å². The molecule has 1 rings (SSSR count). The summed E-state index contributed by atoms with van der Waals surface area (Å²) in [4.78, 5) is 22.7. The number of rotatable bonds is 4. The Morgan fingerprint density at radius 2 is 2.18 bits per heavy atom. The third-order valence-corrected chi connectivity index (χ3v) is 2.36. The number of anilines is 1. The molecule has 0 atom stereocenters. The van der Waals surface area contributed by atoms with E-state index < -0.39 is 5.97 Å². The third kappa shape index (κ3) is 3.72. The van der Waals surface area contributed by atoms with Crippen molar-refractivity contribution in [2.45, 2.75) is 6.42 Å². The van der Waals surface area contributed by atoms with Crippen LogP contribution in [-0.2, 0) is 9.53 Å². The molecule has 0 aromatic heterocycles. The van der Waals surface area contributed by atoms with Crippen LogP contribution in [0.3, 0.4) is 0 Å². The fourth-order valence-corrected chi connectivity index (χ4v) is 1.42. The molecule has 0 spiro atoms. The number of ether oxygens (including phenoxy) is 1. The van der Waals surface area contributed by atoms with Crippen molar-refractivity contribution < 1.29 is 14.3 Å². The first kappa shape index (κ1) is 13.5. The van der Waals surface area contributed by atoms with E-state index in [2.05, 4.69) is 10.1 Å². The molecule has 5 nitrogen and oxygen atoms in total. The number of nitrogens with two attached hydrogens (primary N) is 1. The number of halogens is 1. The van der Waals surface area contributed by atoms with Crippen LogP contribution in [0.15, 0.2) is 18.2 Å². The minimum Gasteiger partial charge on any atom is -0.465 e. The zero-order chi connectivity index (χ0) is 12.8. The van der Waals surface area contributed by atoms with Gasteiger partial charge in [-0.1, -0.05) is 11.6 Å². The molecular formula is C11H13ClN2O3. The van der Waals surface area contributed by atoms with Crippen LogP contribution in [-0.4, -0.2) is 25.5 Å². The van der Waals surface area contributed by atoms with Crippen LogP contribution in [0, 0.1) is 0 Å². The minimum atomic E-state index is -0.551. The molecule has 1 aromatic carbocycles. The van der Waals surface area contributed by atoms with Gasteiger partial charge in [-0.15, -0.1) is 0 Å². The first-order valence-electron chi connectivity index (χ1n) is 4.96. The molecular weight excluding hydrogens is 244 g/mol. The highest BCUT2D eigenvalue weighted by molar-refractivity contribution is 6.33. The van der Waals surface area contributed by atoms with Gasteiger partial charge in [0.15, 0.2) is 0 Å². The molecule has 1 amide bonds. The maximum absolute atomic E-state index is 11.4. The summed E-state index contributed by atoms with van der Waals surface area (Å²) in [6, 6.07) is 4.58. The summed E-state index contributed by atoms with van der Waals surface area (Å²) in [5, 5.41) is 2.88. The maximum Gasteiger partial charge on any atom is 0.339 e. The Labute approximate surface area is 104 Å². The zero-order valence-corrected chi connectivity index (χ0v) is 10.1. The number of carbonyl (C=O) groups is 2. The van der Waals surface area contributed by atoms with Gasteiger partial charge < -0.3 is 15.8 Å². The lowest BCUT2D eigenvalue weighted by Gasteiger charge is -2.07. The molecule has 0 unspecified atom stereocenters. The van der Waals surface area contributed by atoms with Crippen molar-refractivity contribution in [3.05, 3.63) is 28.8 Å². The van der Waals surface area contributed by atoms with Crippen LogP contribution in [0.2, 0.25) is 5.02 Å². The number of methoxy groups -OCH3 is 1.